The van der Waals surface area contributed by atoms with Crippen LogP contribution in [0.15, 0.2) is 5.51 Å². The van der Waals surface area contributed by atoms with E-state index in [-0.39, 0.29) is 5.91 Å². The molecule has 0 spiro atoms. The fraction of sp³-hybridized carbons (Fsp3) is 0.200. The Hall–Kier alpha value is -0.420. The molecule has 1 amide bonds. The van der Waals surface area contributed by atoms with Gasteiger partial charge in [-0.3, -0.25) is 9.14 Å². The van der Waals surface area contributed by atoms with Gasteiger partial charge in [-0.1, -0.05) is 0 Å². The summed E-state index contributed by atoms with van der Waals surface area (Å²) in [5.74, 6) is -0.139. The van der Waals surface area contributed by atoms with Crippen molar-refractivity contribution < 1.29 is 4.79 Å². The average molecular weight is 221 g/mol. The molecular formula is C5H5BrN2OS. The number of carbonyl (C=O) groups excluding carboxylic acids is 1. The van der Waals surface area contributed by atoms with Crippen LogP contribution in [0.1, 0.15) is 15.4 Å². The summed E-state index contributed by atoms with van der Waals surface area (Å²) in [5, 5.41) is 0. The molecule has 1 N–H and O–H groups in total. The van der Waals surface area contributed by atoms with E-state index in [9.17, 15) is 4.79 Å². The first-order valence-corrected chi connectivity index (χ1v) is 4.24. The van der Waals surface area contributed by atoms with Crippen LogP contribution in [0.2, 0.25) is 0 Å². The smallest absolute Gasteiger partial charge is 0.273 e. The van der Waals surface area contributed by atoms with E-state index >= 15 is 0 Å². The summed E-state index contributed by atoms with van der Waals surface area (Å²) < 4.78 is 2.35. The average Bonchev–Trinajstić information content (AvgIpc) is 2.34. The minimum absolute atomic E-state index is 0.139. The Morgan fingerprint density at radius 2 is 2.60 bits per heavy atom. The fourth-order valence-corrected chi connectivity index (χ4v) is 1.59. The van der Waals surface area contributed by atoms with Crippen molar-refractivity contribution >= 4 is 33.4 Å². The van der Waals surface area contributed by atoms with Gasteiger partial charge < -0.3 is 0 Å². The Balaban J connectivity index is 2.93. The maximum Gasteiger partial charge on any atom is 0.273 e. The second-order valence-corrected chi connectivity index (χ2v) is 2.94. The molecule has 0 aliphatic heterocycles. The van der Waals surface area contributed by atoms with Gasteiger partial charge in [0.05, 0.1) is 11.2 Å². The number of nitrogens with zero attached hydrogens (tertiary/aromatic N) is 1. The van der Waals surface area contributed by atoms with E-state index in [1.54, 1.807) is 12.4 Å². The summed E-state index contributed by atoms with van der Waals surface area (Å²) in [5.41, 5.74) is 2.41. The molecule has 10 heavy (non-hydrogen) atoms. The van der Waals surface area contributed by atoms with Gasteiger partial charge in [-0.05, 0) is 6.92 Å². The van der Waals surface area contributed by atoms with E-state index in [1.807, 2.05) is 0 Å². The van der Waals surface area contributed by atoms with Crippen LogP contribution in [-0.2, 0) is 0 Å². The third-order valence-electron chi connectivity index (χ3n) is 1.04. The minimum atomic E-state index is -0.139. The molecule has 5 heteroatoms. The Labute approximate surface area is 70.8 Å². The zero-order valence-corrected chi connectivity index (χ0v) is 7.62. The Morgan fingerprint density at radius 1 is 1.90 bits per heavy atom. The van der Waals surface area contributed by atoms with Gasteiger partial charge in [-0.2, -0.15) is 0 Å². The Morgan fingerprint density at radius 3 is 3.00 bits per heavy atom. The molecule has 0 aromatic carbocycles. The molecule has 0 unspecified atom stereocenters. The number of thiazole rings is 1. The minimum Gasteiger partial charge on any atom is -0.288 e. The van der Waals surface area contributed by atoms with Crippen molar-refractivity contribution in [2.75, 3.05) is 0 Å². The van der Waals surface area contributed by atoms with Crippen molar-refractivity contribution in [1.29, 1.82) is 0 Å². The van der Waals surface area contributed by atoms with Gasteiger partial charge in [0, 0.05) is 16.1 Å². The lowest BCUT2D eigenvalue weighted by atomic mass is 10.4. The number of hydrogen-bond acceptors (Lipinski definition) is 3. The first kappa shape index (κ1) is 7.68. The molecule has 0 radical (unpaired) electrons. The highest BCUT2D eigenvalue weighted by Gasteiger charge is 2.08. The topological polar surface area (TPSA) is 42.0 Å². The second-order valence-electron chi connectivity index (χ2n) is 1.69. The molecule has 0 saturated heterocycles. The van der Waals surface area contributed by atoms with E-state index in [4.69, 9.17) is 0 Å². The van der Waals surface area contributed by atoms with Crippen molar-refractivity contribution in [2.45, 2.75) is 6.92 Å². The lowest BCUT2D eigenvalue weighted by molar-refractivity contribution is 0.0989. The zero-order valence-electron chi connectivity index (χ0n) is 5.22. The van der Waals surface area contributed by atoms with Crippen LogP contribution < -0.4 is 4.34 Å². The van der Waals surface area contributed by atoms with Crippen LogP contribution in [0.3, 0.4) is 0 Å². The summed E-state index contributed by atoms with van der Waals surface area (Å²) in [4.78, 5) is 15.5. The molecule has 0 atom stereocenters. The number of amides is 1. The van der Waals surface area contributed by atoms with Crippen LogP contribution in [0.5, 0.6) is 0 Å². The van der Waals surface area contributed by atoms with E-state index < -0.39 is 0 Å². The van der Waals surface area contributed by atoms with Crippen LogP contribution >= 0.6 is 27.5 Å². The lowest BCUT2D eigenvalue weighted by Crippen LogP contribution is -2.10. The van der Waals surface area contributed by atoms with Gasteiger partial charge in [0.15, 0.2) is 0 Å². The first-order valence-electron chi connectivity index (χ1n) is 2.56. The maximum atomic E-state index is 10.9. The number of rotatable bonds is 1. The maximum absolute atomic E-state index is 10.9. The van der Waals surface area contributed by atoms with Crippen LogP contribution in [0.25, 0.3) is 0 Å². The van der Waals surface area contributed by atoms with Crippen LogP contribution in [-0.4, -0.2) is 10.9 Å². The molecule has 54 valence electrons. The van der Waals surface area contributed by atoms with E-state index in [0.29, 0.717) is 4.88 Å². The number of carbonyl (C=O) groups is 1. The summed E-state index contributed by atoms with van der Waals surface area (Å²) in [6.07, 6.45) is 0. The molecule has 1 aromatic rings. The van der Waals surface area contributed by atoms with Gasteiger partial charge in [-0.15, -0.1) is 11.3 Å². The Kier molecular flexibility index (Phi) is 2.39. The van der Waals surface area contributed by atoms with Gasteiger partial charge in [0.2, 0.25) is 0 Å². The Bertz CT molecular complexity index is 248. The number of aryl methyl sites for hydroxylation is 1. The van der Waals surface area contributed by atoms with Crippen molar-refractivity contribution in [3.63, 3.8) is 0 Å². The highest BCUT2D eigenvalue weighted by atomic mass is 79.9. The van der Waals surface area contributed by atoms with Crippen LogP contribution in [0.4, 0.5) is 0 Å². The molecule has 0 aliphatic rings. The number of aromatic nitrogens is 1. The standard InChI is InChI=1S/C5H5BrN2OS/c1-3-4(5(9)8-6)10-2-7-3/h2H,1H3,(H,8,9). The SMILES string of the molecule is Cc1ncsc1C(=O)NBr. The molecule has 1 heterocycles. The number of halogens is 1. The predicted octanol–water partition coefficient (Wildman–Crippen LogP) is 1.49. The second kappa shape index (κ2) is 3.12. The van der Waals surface area contributed by atoms with Gasteiger partial charge in [-0.25, -0.2) is 4.98 Å². The highest BCUT2D eigenvalue weighted by Crippen LogP contribution is 2.11. The molecule has 0 bridgehead atoms. The summed E-state index contributed by atoms with van der Waals surface area (Å²) >= 11 is 4.18. The van der Waals surface area contributed by atoms with E-state index in [0.717, 1.165) is 5.69 Å². The quantitative estimate of drug-likeness (QED) is 0.730. The monoisotopic (exact) mass is 220 g/mol. The molecule has 0 saturated carbocycles. The number of hydrogen-bond donors (Lipinski definition) is 1. The summed E-state index contributed by atoms with van der Waals surface area (Å²) in [7, 11) is 0. The van der Waals surface area contributed by atoms with Crippen molar-refractivity contribution in [3.05, 3.63) is 16.1 Å². The van der Waals surface area contributed by atoms with Crippen LogP contribution in [0, 0.1) is 6.92 Å². The molecule has 0 fully saturated rings. The third kappa shape index (κ3) is 1.35. The molecule has 3 nitrogen and oxygen atoms in total. The molecule has 0 aliphatic carbocycles. The van der Waals surface area contributed by atoms with Crippen molar-refractivity contribution in [1.82, 2.24) is 9.33 Å². The largest absolute Gasteiger partial charge is 0.288 e. The molecule has 1 rings (SSSR count). The predicted molar refractivity (Wildman–Crippen MR) is 43.2 cm³/mol. The normalized spacial score (nSPS) is 9.40. The third-order valence-corrected chi connectivity index (χ3v) is 2.33. The lowest BCUT2D eigenvalue weighted by Gasteiger charge is -1.91. The van der Waals surface area contributed by atoms with E-state index in [2.05, 4.69) is 25.5 Å². The van der Waals surface area contributed by atoms with Crippen molar-refractivity contribution in [2.24, 2.45) is 0 Å². The first-order chi connectivity index (χ1) is 4.75. The van der Waals surface area contributed by atoms with Crippen molar-refractivity contribution in [3.8, 4) is 0 Å². The highest BCUT2D eigenvalue weighted by molar-refractivity contribution is 9.08. The van der Waals surface area contributed by atoms with Gasteiger partial charge in [0.1, 0.15) is 4.88 Å². The zero-order chi connectivity index (χ0) is 7.56. The molecular weight excluding hydrogens is 216 g/mol. The van der Waals surface area contributed by atoms with E-state index in [1.165, 1.54) is 11.3 Å². The van der Waals surface area contributed by atoms with Gasteiger partial charge >= 0.3 is 0 Å². The molecule has 1 aromatic heterocycles. The summed E-state index contributed by atoms with van der Waals surface area (Å²) in [6, 6.07) is 0. The summed E-state index contributed by atoms with van der Waals surface area (Å²) in [6.45, 7) is 1.80. The fourth-order valence-electron chi connectivity index (χ4n) is 0.563. The van der Waals surface area contributed by atoms with Gasteiger partial charge in [0.25, 0.3) is 5.91 Å². The number of nitrogens with one attached hydrogen (secondary N) is 1.